The number of benzene rings is 4. The van der Waals surface area contributed by atoms with Crippen LogP contribution < -0.4 is 0 Å². The molecule has 0 amide bonds. The molecule has 0 spiro atoms. The third-order valence-corrected chi connectivity index (χ3v) is 10.8. The summed E-state index contributed by atoms with van der Waals surface area (Å²) in [5.74, 6) is -0.924. The lowest BCUT2D eigenvalue weighted by Gasteiger charge is -2.04. The predicted octanol–water partition coefficient (Wildman–Crippen LogP) is 9.20. The number of carboxylic acids is 3. The van der Waals surface area contributed by atoms with E-state index in [2.05, 4.69) is 86.6 Å². The zero-order chi connectivity index (χ0) is 37.4. The van der Waals surface area contributed by atoms with Crippen molar-refractivity contribution in [3.63, 3.8) is 0 Å². The number of carbonyl (C=O) groups is 4. The van der Waals surface area contributed by atoms with Crippen molar-refractivity contribution in [2.45, 2.75) is 50.4 Å². The van der Waals surface area contributed by atoms with Crippen LogP contribution in [0.5, 0.6) is 0 Å². The average Bonchev–Trinajstić information content (AvgIpc) is 4.00. The molecule has 1 heterocycles. The van der Waals surface area contributed by atoms with Gasteiger partial charge in [0, 0.05) is 44.2 Å². The molecule has 1 aromatic heterocycles. The number of fused-ring (bicyclic) bond motifs is 1. The van der Waals surface area contributed by atoms with Gasteiger partial charge in [-0.15, -0.1) is 0 Å². The van der Waals surface area contributed by atoms with Crippen molar-refractivity contribution in [3.8, 4) is 0 Å². The standard InChI is InChI=1S/C20H16INO.C10H9IO2.C10H10O2.C2H4O2/c21-17-5-3-14(4-6-17)18-11-19(18)20(23)10-13-1-2-16-12-22-8-7-15(16)9-13;11-7-3-1-6(2-4-7)8-5-9(8)10(12)13;11-10(12)9-6-8(9)7-4-2-1-3-5-7;1-2(3)4/h1-9,12,18-19H,10-11H2;1-4,8-9H,5H2,(H,12,13);1-5,8-9H,6H2,(H,11,12);1H3,(H,3,4)/t18-,19+;2*8-,9+;/m000./s1. The minimum absolute atomic E-state index is 0.132. The molecule has 10 heteroatoms. The maximum absolute atomic E-state index is 12.5. The van der Waals surface area contributed by atoms with Gasteiger partial charge < -0.3 is 15.3 Å². The van der Waals surface area contributed by atoms with Gasteiger partial charge in [-0.05, 0) is 140 Å². The molecule has 3 fully saturated rings. The van der Waals surface area contributed by atoms with Crippen LogP contribution in [0.1, 0.15) is 66.2 Å². The van der Waals surface area contributed by atoms with Crippen LogP contribution in [0.2, 0.25) is 0 Å². The van der Waals surface area contributed by atoms with E-state index in [0.717, 1.165) is 53.6 Å². The second kappa shape index (κ2) is 18.0. The Bertz CT molecular complexity index is 2010. The molecule has 0 saturated heterocycles. The van der Waals surface area contributed by atoms with Crippen LogP contribution in [0.25, 0.3) is 10.8 Å². The highest BCUT2D eigenvalue weighted by molar-refractivity contribution is 14.1. The number of carbonyl (C=O) groups excluding carboxylic acids is 1. The van der Waals surface area contributed by atoms with Gasteiger partial charge in [0.1, 0.15) is 5.78 Å². The van der Waals surface area contributed by atoms with Crippen LogP contribution in [0, 0.1) is 24.9 Å². The molecule has 0 radical (unpaired) electrons. The SMILES string of the molecule is CC(=O)O.O=C(Cc1ccc2cnccc2c1)[C@@H]1C[C@H]1c1ccc(I)cc1.O=C(O)[C@@H]1C[C@H]1c1ccc(I)cc1.O=C(O)[C@@H]1C[C@H]1c1ccccc1. The second-order valence-corrected chi connectivity index (χ2v) is 15.7. The number of ketones is 1. The predicted molar refractivity (Wildman–Crippen MR) is 216 cm³/mol. The number of rotatable bonds is 8. The number of halogens is 2. The van der Waals surface area contributed by atoms with Crippen molar-refractivity contribution in [3.05, 3.63) is 145 Å². The van der Waals surface area contributed by atoms with Crippen molar-refractivity contribution in [1.82, 2.24) is 4.98 Å². The fraction of sp³-hybridized carbons (Fsp3) is 0.262. The lowest BCUT2D eigenvalue weighted by atomic mass is 10.0. The van der Waals surface area contributed by atoms with E-state index in [1.54, 1.807) is 6.20 Å². The van der Waals surface area contributed by atoms with E-state index < -0.39 is 17.9 Å². The maximum Gasteiger partial charge on any atom is 0.307 e. The van der Waals surface area contributed by atoms with Crippen LogP contribution in [0.15, 0.2) is 116 Å². The molecule has 6 atom stereocenters. The molecule has 268 valence electrons. The molecule has 4 aromatic carbocycles. The molecule has 0 bridgehead atoms. The quantitative estimate of drug-likeness (QED) is 0.131. The van der Waals surface area contributed by atoms with Gasteiger partial charge in [0.2, 0.25) is 0 Å². The van der Waals surface area contributed by atoms with E-state index in [4.69, 9.17) is 20.1 Å². The summed E-state index contributed by atoms with van der Waals surface area (Å²) in [6, 6.07) is 34.7. The summed E-state index contributed by atoms with van der Waals surface area (Å²) in [6.45, 7) is 1.08. The first kappa shape index (κ1) is 39.0. The Balaban J connectivity index is 0.000000153. The van der Waals surface area contributed by atoms with E-state index in [-0.39, 0.29) is 29.6 Å². The van der Waals surface area contributed by atoms with Crippen LogP contribution >= 0.6 is 45.2 Å². The number of aliphatic carboxylic acids is 3. The molecule has 3 aliphatic rings. The molecule has 0 unspecified atom stereocenters. The first-order valence-corrected chi connectivity index (χ1v) is 19.1. The number of aromatic nitrogens is 1. The van der Waals surface area contributed by atoms with Gasteiger partial charge in [-0.2, -0.15) is 0 Å². The molecule has 8 nitrogen and oxygen atoms in total. The Kier molecular flexibility index (Phi) is 13.6. The van der Waals surface area contributed by atoms with Gasteiger partial charge in [-0.25, -0.2) is 0 Å². The van der Waals surface area contributed by atoms with Crippen molar-refractivity contribution >= 4 is 79.6 Å². The first-order chi connectivity index (χ1) is 24.9. The molecule has 52 heavy (non-hydrogen) atoms. The fourth-order valence-corrected chi connectivity index (χ4v) is 7.01. The minimum atomic E-state index is -0.833. The number of nitrogens with zero attached hydrogens (tertiary/aromatic N) is 1. The highest BCUT2D eigenvalue weighted by Gasteiger charge is 2.45. The zero-order valence-electron chi connectivity index (χ0n) is 28.4. The van der Waals surface area contributed by atoms with Gasteiger partial charge in [-0.3, -0.25) is 24.2 Å². The summed E-state index contributed by atoms with van der Waals surface area (Å²) in [5.41, 5.74) is 4.72. The third kappa shape index (κ3) is 11.4. The summed E-state index contributed by atoms with van der Waals surface area (Å²) < 4.78 is 2.43. The largest absolute Gasteiger partial charge is 0.481 e. The van der Waals surface area contributed by atoms with E-state index in [9.17, 15) is 14.4 Å². The molecule has 5 aromatic rings. The van der Waals surface area contributed by atoms with Crippen LogP contribution in [0.3, 0.4) is 0 Å². The number of Topliss-reactive ketones (excluding diaryl/α,β-unsaturated/α-hetero) is 1. The molecular formula is C42H39I2NO7. The summed E-state index contributed by atoms with van der Waals surface area (Å²) in [5, 5.41) is 27.1. The lowest BCUT2D eigenvalue weighted by Crippen LogP contribution is -2.06. The highest BCUT2D eigenvalue weighted by Crippen LogP contribution is 2.49. The highest BCUT2D eigenvalue weighted by atomic mass is 127. The van der Waals surface area contributed by atoms with E-state index >= 15 is 0 Å². The fourth-order valence-electron chi connectivity index (χ4n) is 6.29. The zero-order valence-corrected chi connectivity index (χ0v) is 32.8. The van der Waals surface area contributed by atoms with Gasteiger partial charge in [0.15, 0.2) is 0 Å². The van der Waals surface area contributed by atoms with Crippen LogP contribution in [-0.2, 0) is 25.6 Å². The monoisotopic (exact) mass is 923 g/mol. The minimum Gasteiger partial charge on any atom is -0.481 e. The molecule has 8 rings (SSSR count). The van der Waals surface area contributed by atoms with E-state index in [1.165, 1.54) is 12.7 Å². The number of hydrogen-bond donors (Lipinski definition) is 3. The van der Waals surface area contributed by atoms with Crippen molar-refractivity contribution < 1.29 is 34.5 Å². The molecule has 3 N–H and O–H groups in total. The summed E-state index contributed by atoms with van der Waals surface area (Å²) in [6.07, 6.45) is 6.78. The van der Waals surface area contributed by atoms with E-state index in [1.807, 2.05) is 72.9 Å². The topological polar surface area (TPSA) is 142 Å². The van der Waals surface area contributed by atoms with Gasteiger partial charge in [-0.1, -0.05) is 72.8 Å². The Morgan fingerprint density at radius 1 is 0.615 bits per heavy atom. The smallest absolute Gasteiger partial charge is 0.307 e. The Labute approximate surface area is 330 Å². The van der Waals surface area contributed by atoms with Gasteiger partial charge in [0.05, 0.1) is 11.8 Å². The Morgan fingerprint density at radius 3 is 1.56 bits per heavy atom. The third-order valence-electron chi connectivity index (χ3n) is 9.33. The first-order valence-electron chi connectivity index (χ1n) is 17.0. The molecular weight excluding hydrogens is 884 g/mol. The van der Waals surface area contributed by atoms with Gasteiger partial charge >= 0.3 is 11.9 Å². The summed E-state index contributed by atoms with van der Waals surface area (Å²) >= 11 is 4.55. The van der Waals surface area contributed by atoms with Crippen molar-refractivity contribution in [2.24, 2.45) is 17.8 Å². The number of carboxylic acid groups (broad SMARTS) is 3. The second-order valence-electron chi connectivity index (χ2n) is 13.3. The summed E-state index contributed by atoms with van der Waals surface area (Å²) in [7, 11) is 0. The van der Waals surface area contributed by atoms with Crippen LogP contribution in [-0.4, -0.2) is 44.0 Å². The normalized spacial score (nSPS) is 21.8. The van der Waals surface area contributed by atoms with Crippen molar-refractivity contribution in [1.29, 1.82) is 0 Å². The van der Waals surface area contributed by atoms with Gasteiger partial charge in [0.25, 0.3) is 5.97 Å². The van der Waals surface area contributed by atoms with Crippen molar-refractivity contribution in [2.75, 3.05) is 0 Å². The Morgan fingerprint density at radius 2 is 1.08 bits per heavy atom. The van der Waals surface area contributed by atoms with Crippen LogP contribution in [0.4, 0.5) is 0 Å². The Hall–Kier alpha value is -4.17. The molecule has 3 saturated carbocycles. The average molecular weight is 924 g/mol. The lowest BCUT2D eigenvalue weighted by molar-refractivity contribution is -0.139. The molecule has 3 aliphatic carbocycles. The molecule has 0 aliphatic heterocycles. The number of pyridine rings is 1. The number of hydrogen-bond acceptors (Lipinski definition) is 5. The summed E-state index contributed by atoms with van der Waals surface area (Å²) in [4.78, 5) is 46.8. The van der Waals surface area contributed by atoms with E-state index in [0.29, 0.717) is 18.1 Å². The maximum atomic E-state index is 12.5.